The Morgan fingerprint density at radius 3 is 2.46 bits per heavy atom. The molecule has 2 aromatic heterocycles. The minimum absolute atomic E-state index is 0.117. The number of aromatic nitrogens is 3. The van der Waals surface area contributed by atoms with Crippen molar-refractivity contribution in [3.8, 4) is 16.2 Å². The number of aliphatic hydroxyl groups excluding tert-OH is 1. The van der Waals surface area contributed by atoms with Gasteiger partial charge in [-0.2, -0.15) is 16.7 Å². The van der Waals surface area contributed by atoms with E-state index in [0.29, 0.717) is 53.0 Å². The summed E-state index contributed by atoms with van der Waals surface area (Å²) >= 11 is 9.94. The maximum absolute atomic E-state index is 13.8. The van der Waals surface area contributed by atoms with Gasteiger partial charge in [-0.25, -0.2) is 9.97 Å². The molecule has 4 atom stereocenters. The standard InChI is InChI=1S/C51H69ClN9O5PS2/c1-32-25-42(59-50-54-28-40(52)48(60-50)58-41-15-11-12-16-45(41)67(8,9)65)44(66-7)26-38(32)21-23-53-22-13-10-14-24-69-51(5,6)46(57-35(4)62)30-61-29-39(63)27-43(61)49(64)56-33(2)36-17-19-37(20-18-36)47-34(3)55-31-68-47/h11-12,15-20,25-26,28,31,33,39,43,46,53,63H,10,13-14,21-24,27,29-30H2,1-9H3,(H,56,64)(H,57,62)(H2,54,58,59,60)/t33-,39+,43-,46?/m0/s1. The SMILES string of the molecule is COc1cc(CCNCCCCCSC(C)(C)C(CN2C[C@H](O)C[C@H]2C(=O)N[C@@H](C)c2ccc(-c3scnc3C)cc2)NC(C)=O)c(C)cc1Nc1ncc(Cl)c(Nc2ccccc2P(C)(C)=O)n1. The molecular weight excluding hydrogens is 949 g/mol. The van der Waals surface area contributed by atoms with Gasteiger partial charge < -0.3 is 41.0 Å². The molecule has 1 fully saturated rings. The van der Waals surface area contributed by atoms with Crippen LogP contribution in [0.15, 0.2) is 72.4 Å². The Morgan fingerprint density at radius 2 is 1.77 bits per heavy atom. The third-order valence-corrected chi connectivity index (χ3v) is 16.8. The zero-order valence-corrected chi connectivity index (χ0v) is 44.6. The molecule has 0 saturated carbocycles. The number of nitrogens with one attached hydrogen (secondary N) is 5. The van der Waals surface area contributed by atoms with Crippen molar-refractivity contribution in [1.82, 2.24) is 35.8 Å². The Kier molecular flexibility index (Phi) is 19.1. The van der Waals surface area contributed by atoms with Crippen molar-refractivity contribution < 1.29 is 24.0 Å². The lowest BCUT2D eigenvalue weighted by molar-refractivity contribution is -0.126. The lowest BCUT2D eigenvalue weighted by Crippen LogP contribution is -2.56. The second-order valence-corrected chi connectivity index (χ2v) is 24.9. The fourth-order valence-corrected chi connectivity index (χ4v) is 11.9. The Hall–Kier alpha value is -4.54. The first-order chi connectivity index (χ1) is 32.8. The monoisotopic (exact) mass is 1020 g/mol. The van der Waals surface area contributed by atoms with Gasteiger partial charge in [-0.1, -0.05) is 54.4 Å². The first kappa shape index (κ1) is 53.8. The molecule has 69 heavy (non-hydrogen) atoms. The molecule has 3 aromatic carbocycles. The second kappa shape index (κ2) is 24.5. The Balaban J connectivity index is 0.932. The lowest BCUT2D eigenvalue weighted by atomic mass is 10.0. The largest absolute Gasteiger partial charge is 0.495 e. The van der Waals surface area contributed by atoms with Crippen LogP contribution in [0.25, 0.3) is 10.4 Å². The number of β-amino-alcohol motifs (C(OH)–C–C–N with tert-alkyl or cyclic N) is 1. The number of thiazole rings is 1. The van der Waals surface area contributed by atoms with Gasteiger partial charge in [-0.05, 0) is 139 Å². The van der Waals surface area contributed by atoms with Crippen LogP contribution in [0.3, 0.4) is 0 Å². The highest BCUT2D eigenvalue weighted by molar-refractivity contribution is 8.00. The van der Waals surface area contributed by atoms with Gasteiger partial charge in [-0.3, -0.25) is 14.5 Å². The molecule has 1 unspecified atom stereocenters. The molecule has 1 aliphatic heterocycles. The molecular formula is C51H69ClN9O5PS2. The molecule has 5 aromatic rings. The van der Waals surface area contributed by atoms with Crippen molar-refractivity contribution in [3.05, 3.63) is 99.8 Å². The number of nitrogens with zero attached hydrogens (tertiary/aromatic N) is 4. The molecule has 372 valence electrons. The van der Waals surface area contributed by atoms with E-state index in [2.05, 4.69) is 74.4 Å². The van der Waals surface area contributed by atoms with E-state index < -0.39 is 19.3 Å². The first-order valence-electron chi connectivity index (χ1n) is 23.6. The summed E-state index contributed by atoms with van der Waals surface area (Å²) in [4.78, 5) is 42.8. The highest BCUT2D eigenvalue weighted by Crippen LogP contribution is 2.39. The molecule has 3 heterocycles. The normalized spacial score (nSPS) is 16.2. The van der Waals surface area contributed by atoms with E-state index in [1.54, 1.807) is 31.8 Å². The van der Waals surface area contributed by atoms with Crippen LogP contribution in [0.4, 0.5) is 23.1 Å². The number of thioether (sulfide) groups is 1. The van der Waals surface area contributed by atoms with Gasteiger partial charge in [-0.15, -0.1) is 11.3 Å². The fourth-order valence-electron chi connectivity index (χ4n) is 8.56. The molecule has 1 saturated heterocycles. The number of aliphatic hydroxyl groups is 1. The zero-order chi connectivity index (χ0) is 49.9. The van der Waals surface area contributed by atoms with E-state index in [-0.39, 0.29) is 28.6 Å². The molecule has 6 rings (SSSR count). The van der Waals surface area contributed by atoms with Crippen LogP contribution in [0.5, 0.6) is 5.75 Å². The smallest absolute Gasteiger partial charge is 0.237 e. The molecule has 0 spiro atoms. The van der Waals surface area contributed by atoms with Crippen LogP contribution in [0.2, 0.25) is 5.02 Å². The summed E-state index contributed by atoms with van der Waals surface area (Å²) in [5, 5.41) is 28.3. The molecule has 14 nitrogen and oxygen atoms in total. The van der Waals surface area contributed by atoms with Crippen molar-refractivity contribution in [3.63, 3.8) is 0 Å². The van der Waals surface area contributed by atoms with Gasteiger partial charge in [0.25, 0.3) is 0 Å². The Bertz CT molecular complexity index is 2580. The number of carbonyl (C=O) groups excluding carboxylic acids is 2. The summed E-state index contributed by atoms with van der Waals surface area (Å²) in [6.07, 6.45) is 5.22. The molecule has 6 N–H and O–H groups in total. The van der Waals surface area contributed by atoms with Crippen molar-refractivity contribution in [2.24, 2.45) is 0 Å². The van der Waals surface area contributed by atoms with Crippen LogP contribution in [0, 0.1) is 13.8 Å². The van der Waals surface area contributed by atoms with E-state index in [0.717, 1.165) is 77.5 Å². The molecule has 2 amide bonds. The van der Waals surface area contributed by atoms with Crippen LogP contribution < -0.4 is 36.6 Å². The minimum atomic E-state index is -2.56. The van der Waals surface area contributed by atoms with Crippen molar-refractivity contribution in [1.29, 1.82) is 0 Å². The number of likely N-dealkylation sites (tertiary alicyclic amines) is 1. The van der Waals surface area contributed by atoms with Gasteiger partial charge >= 0.3 is 0 Å². The van der Waals surface area contributed by atoms with E-state index in [9.17, 15) is 19.3 Å². The third-order valence-electron chi connectivity index (χ3n) is 12.5. The maximum atomic E-state index is 13.8. The molecule has 0 bridgehead atoms. The van der Waals surface area contributed by atoms with Crippen LogP contribution >= 0.6 is 41.8 Å². The van der Waals surface area contributed by atoms with Crippen molar-refractivity contribution >= 4 is 82.1 Å². The summed E-state index contributed by atoms with van der Waals surface area (Å²) in [5.74, 6) is 2.09. The van der Waals surface area contributed by atoms with Gasteiger partial charge in [0, 0.05) is 30.1 Å². The number of methoxy groups -OCH3 is 1. The van der Waals surface area contributed by atoms with E-state index in [4.69, 9.17) is 16.3 Å². The van der Waals surface area contributed by atoms with Gasteiger partial charge in [0.05, 0.1) is 65.0 Å². The predicted octanol–water partition coefficient (Wildman–Crippen LogP) is 9.25. The molecule has 0 aliphatic carbocycles. The summed E-state index contributed by atoms with van der Waals surface area (Å²) in [6, 6.07) is 18.8. The minimum Gasteiger partial charge on any atom is -0.495 e. The number of rotatable bonds is 24. The first-order valence-corrected chi connectivity index (χ1v) is 28.4. The van der Waals surface area contributed by atoms with Crippen LogP contribution in [-0.4, -0.2) is 112 Å². The molecule has 0 radical (unpaired) electrons. The molecule has 1 aliphatic rings. The summed E-state index contributed by atoms with van der Waals surface area (Å²) in [7, 11) is -0.918. The second-order valence-electron chi connectivity index (χ2n) is 18.7. The summed E-state index contributed by atoms with van der Waals surface area (Å²) < 4.78 is 18.4. The Morgan fingerprint density at radius 1 is 1.01 bits per heavy atom. The number of para-hydroxylation sites is 1. The number of unbranched alkanes of at least 4 members (excludes halogenated alkanes) is 2. The van der Waals surface area contributed by atoms with Crippen molar-refractivity contribution in [2.45, 2.75) is 103 Å². The number of carbonyl (C=O) groups is 2. The average Bonchev–Trinajstić information content (AvgIpc) is 3.91. The highest BCUT2D eigenvalue weighted by atomic mass is 35.5. The number of halogens is 1. The highest BCUT2D eigenvalue weighted by Gasteiger charge is 2.41. The van der Waals surface area contributed by atoms with Gasteiger partial charge in [0.15, 0.2) is 5.82 Å². The lowest BCUT2D eigenvalue weighted by Gasteiger charge is -2.38. The topological polar surface area (TPSA) is 183 Å². The number of benzene rings is 3. The van der Waals surface area contributed by atoms with E-state index in [1.165, 1.54) is 18.7 Å². The average molecular weight is 1020 g/mol. The van der Waals surface area contributed by atoms with E-state index >= 15 is 0 Å². The summed E-state index contributed by atoms with van der Waals surface area (Å²) in [5.41, 5.74) is 8.64. The van der Waals surface area contributed by atoms with Gasteiger partial charge in [0.2, 0.25) is 17.8 Å². The summed E-state index contributed by atoms with van der Waals surface area (Å²) in [6.45, 7) is 17.9. The van der Waals surface area contributed by atoms with Crippen molar-refractivity contribution in [2.75, 3.05) is 63.0 Å². The number of hydrogen-bond acceptors (Lipinski definition) is 14. The fraction of sp³-hybridized carbons (Fsp3) is 0.471. The van der Waals surface area contributed by atoms with E-state index in [1.807, 2.05) is 84.6 Å². The zero-order valence-electron chi connectivity index (χ0n) is 41.3. The van der Waals surface area contributed by atoms with Gasteiger partial charge in [0.1, 0.15) is 17.9 Å². The number of ether oxygens (including phenoxy) is 1. The van der Waals surface area contributed by atoms with Crippen LogP contribution in [0.1, 0.15) is 81.8 Å². The number of aryl methyl sites for hydroxylation is 2. The third kappa shape index (κ3) is 15.0. The number of amides is 2. The number of anilines is 4. The van der Waals surface area contributed by atoms with Crippen LogP contribution in [-0.2, 0) is 20.6 Å². The maximum Gasteiger partial charge on any atom is 0.237 e. The predicted molar refractivity (Wildman–Crippen MR) is 286 cm³/mol. The number of hydrogen-bond donors (Lipinski definition) is 6. The molecule has 18 heteroatoms. The Labute approximate surface area is 421 Å². The quantitative estimate of drug-likeness (QED) is 0.0254.